The predicted molar refractivity (Wildman–Crippen MR) is 130 cm³/mol. The summed E-state index contributed by atoms with van der Waals surface area (Å²) in [5, 5.41) is 19.7. The van der Waals surface area contributed by atoms with Crippen LogP contribution in [-0.2, 0) is 5.41 Å². The van der Waals surface area contributed by atoms with Crippen LogP contribution in [0.4, 0.5) is 0 Å². The van der Waals surface area contributed by atoms with E-state index in [1.54, 1.807) is 24.3 Å². The third kappa shape index (κ3) is 3.59. The van der Waals surface area contributed by atoms with Crippen molar-refractivity contribution in [3.63, 3.8) is 0 Å². The zero-order chi connectivity index (χ0) is 22.4. The molecule has 1 aliphatic rings. The first-order valence-corrected chi connectivity index (χ1v) is 11.0. The molecule has 0 aliphatic heterocycles. The second kappa shape index (κ2) is 9.53. The standard InChI is InChI=1S/C25H18O2.2C2H6/c26-19-13-9-17(10-14-19)25(18-11-15-20(27)16-12-18)23-7-3-1-5-21(23)22-6-2-4-8-24(22)25;2*1-2/h1-16,26-27H;2*1-2H3. The molecular weight excluding hydrogens is 380 g/mol. The van der Waals surface area contributed by atoms with Crippen molar-refractivity contribution in [2.24, 2.45) is 0 Å². The quantitative estimate of drug-likeness (QED) is 0.316. The summed E-state index contributed by atoms with van der Waals surface area (Å²) in [5.74, 6) is 0.498. The van der Waals surface area contributed by atoms with Crippen molar-refractivity contribution < 1.29 is 10.2 Å². The van der Waals surface area contributed by atoms with E-state index >= 15 is 0 Å². The Balaban J connectivity index is 0.000000645. The molecule has 0 spiro atoms. The lowest BCUT2D eigenvalue weighted by Gasteiger charge is -2.33. The van der Waals surface area contributed by atoms with Crippen LogP contribution in [0.3, 0.4) is 0 Å². The van der Waals surface area contributed by atoms with Gasteiger partial charge in [-0.3, -0.25) is 0 Å². The molecule has 2 heteroatoms. The van der Waals surface area contributed by atoms with E-state index in [0.717, 1.165) is 11.1 Å². The Bertz CT molecular complexity index is 1030. The first-order chi connectivity index (χ1) is 15.2. The van der Waals surface area contributed by atoms with Crippen LogP contribution in [0.2, 0.25) is 0 Å². The van der Waals surface area contributed by atoms with Crippen LogP contribution in [0, 0.1) is 0 Å². The summed E-state index contributed by atoms with van der Waals surface area (Å²) >= 11 is 0. The highest BCUT2D eigenvalue weighted by Gasteiger charge is 2.45. The van der Waals surface area contributed by atoms with Gasteiger partial charge in [-0.2, -0.15) is 0 Å². The monoisotopic (exact) mass is 410 g/mol. The summed E-state index contributed by atoms with van der Waals surface area (Å²) in [6.07, 6.45) is 0. The van der Waals surface area contributed by atoms with E-state index in [-0.39, 0.29) is 11.5 Å². The van der Waals surface area contributed by atoms with Crippen LogP contribution in [0.25, 0.3) is 11.1 Å². The number of hydrogen-bond donors (Lipinski definition) is 2. The van der Waals surface area contributed by atoms with Gasteiger partial charge in [-0.25, -0.2) is 0 Å². The number of hydrogen-bond acceptors (Lipinski definition) is 2. The topological polar surface area (TPSA) is 40.5 Å². The van der Waals surface area contributed by atoms with Gasteiger partial charge in [0.05, 0.1) is 5.41 Å². The van der Waals surface area contributed by atoms with Gasteiger partial charge < -0.3 is 10.2 Å². The molecule has 4 aromatic rings. The molecule has 0 saturated carbocycles. The Morgan fingerprint density at radius 2 is 0.774 bits per heavy atom. The van der Waals surface area contributed by atoms with E-state index < -0.39 is 5.41 Å². The molecule has 5 rings (SSSR count). The van der Waals surface area contributed by atoms with Gasteiger partial charge in [0.1, 0.15) is 11.5 Å². The van der Waals surface area contributed by atoms with Gasteiger partial charge in [0.15, 0.2) is 0 Å². The van der Waals surface area contributed by atoms with Crippen molar-refractivity contribution in [1.82, 2.24) is 0 Å². The number of fused-ring (bicyclic) bond motifs is 3. The fourth-order valence-corrected chi connectivity index (χ4v) is 4.45. The molecule has 0 amide bonds. The van der Waals surface area contributed by atoms with Gasteiger partial charge in [-0.1, -0.05) is 100 Å². The molecule has 0 unspecified atom stereocenters. The largest absolute Gasteiger partial charge is 0.508 e. The Morgan fingerprint density at radius 1 is 0.452 bits per heavy atom. The average molecular weight is 411 g/mol. The number of aromatic hydroxyl groups is 2. The molecular formula is C29H30O2. The second-order valence-corrected chi connectivity index (χ2v) is 6.93. The van der Waals surface area contributed by atoms with Crippen molar-refractivity contribution in [2.45, 2.75) is 33.1 Å². The average Bonchev–Trinajstić information content (AvgIpc) is 3.14. The fourth-order valence-electron chi connectivity index (χ4n) is 4.45. The molecule has 31 heavy (non-hydrogen) atoms. The predicted octanol–water partition coefficient (Wildman–Crippen LogP) is 7.51. The van der Waals surface area contributed by atoms with Gasteiger partial charge in [0.2, 0.25) is 0 Å². The minimum Gasteiger partial charge on any atom is -0.508 e. The smallest absolute Gasteiger partial charge is 0.115 e. The SMILES string of the molecule is CC.CC.Oc1ccc(C2(c3ccc(O)cc3)c3ccccc3-c3ccccc32)cc1. The molecule has 0 radical (unpaired) electrons. The van der Waals surface area contributed by atoms with Crippen molar-refractivity contribution in [3.8, 4) is 22.6 Å². The highest BCUT2D eigenvalue weighted by molar-refractivity contribution is 5.86. The van der Waals surface area contributed by atoms with Gasteiger partial charge in [-0.05, 0) is 57.6 Å². The van der Waals surface area contributed by atoms with Crippen molar-refractivity contribution >= 4 is 0 Å². The summed E-state index contributed by atoms with van der Waals surface area (Å²) in [6.45, 7) is 8.00. The van der Waals surface area contributed by atoms with Crippen LogP contribution in [-0.4, -0.2) is 10.2 Å². The number of rotatable bonds is 2. The van der Waals surface area contributed by atoms with Gasteiger partial charge in [0, 0.05) is 0 Å². The highest BCUT2D eigenvalue weighted by atomic mass is 16.3. The lowest BCUT2D eigenvalue weighted by Crippen LogP contribution is -2.28. The Hall–Kier alpha value is -3.52. The summed E-state index contributed by atoms with van der Waals surface area (Å²) in [4.78, 5) is 0. The van der Waals surface area contributed by atoms with Gasteiger partial charge in [-0.15, -0.1) is 0 Å². The number of benzene rings is 4. The summed E-state index contributed by atoms with van der Waals surface area (Å²) in [6, 6.07) is 31.9. The maximum atomic E-state index is 9.85. The zero-order valence-corrected chi connectivity index (χ0v) is 18.6. The van der Waals surface area contributed by atoms with Crippen LogP contribution >= 0.6 is 0 Å². The van der Waals surface area contributed by atoms with Crippen LogP contribution < -0.4 is 0 Å². The Morgan fingerprint density at radius 3 is 1.13 bits per heavy atom. The van der Waals surface area contributed by atoms with E-state index in [2.05, 4.69) is 48.5 Å². The summed E-state index contributed by atoms with van der Waals surface area (Å²) in [7, 11) is 0. The van der Waals surface area contributed by atoms with Gasteiger partial charge in [0.25, 0.3) is 0 Å². The summed E-state index contributed by atoms with van der Waals surface area (Å²) < 4.78 is 0. The van der Waals surface area contributed by atoms with Gasteiger partial charge >= 0.3 is 0 Å². The Kier molecular flexibility index (Phi) is 6.81. The molecule has 0 aromatic heterocycles. The van der Waals surface area contributed by atoms with E-state index in [4.69, 9.17) is 0 Å². The molecule has 2 nitrogen and oxygen atoms in total. The molecule has 158 valence electrons. The second-order valence-electron chi connectivity index (χ2n) is 6.93. The molecule has 0 saturated heterocycles. The van der Waals surface area contributed by atoms with E-state index in [9.17, 15) is 10.2 Å². The minimum absolute atomic E-state index is 0.249. The lowest BCUT2D eigenvalue weighted by molar-refractivity contribution is 0.475. The first-order valence-electron chi connectivity index (χ1n) is 11.0. The third-order valence-corrected chi connectivity index (χ3v) is 5.55. The molecule has 0 fully saturated rings. The van der Waals surface area contributed by atoms with E-state index in [1.165, 1.54) is 22.3 Å². The first kappa shape index (κ1) is 22.2. The minimum atomic E-state index is -0.491. The molecule has 0 bridgehead atoms. The van der Waals surface area contributed by atoms with Crippen molar-refractivity contribution in [2.75, 3.05) is 0 Å². The third-order valence-electron chi connectivity index (χ3n) is 5.55. The van der Waals surface area contributed by atoms with Crippen LogP contribution in [0.1, 0.15) is 49.9 Å². The van der Waals surface area contributed by atoms with Crippen molar-refractivity contribution in [3.05, 3.63) is 119 Å². The van der Waals surface area contributed by atoms with E-state index in [1.807, 2.05) is 52.0 Å². The van der Waals surface area contributed by atoms with E-state index in [0.29, 0.717) is 0 Å². The lowest BCUT2D eigenvalue weighted by atomic mass is 9.68. The molecule has 0 heterocycles. The highest BCUT2D eigenvalue weighted by Crippen LogP contribution is 2.56. The zero-order valence-electron chi connectivity index (χ0n) is 18.6. The number of phenolic OH excluding ortho intramolecular Hbond substituents is 2. The molecule has 2 N–H and O–H groups in total. The van der Waals surface area contributed by atoms with Crippen LogP contribution in [0.15, 0.2) is 97.1 Å². The van der Waals surface area contributed by atoms with Crippen molar-refractivity contribution in [1.29, 1.82) is 0 Å². The molecule has 1 aliphatic carbocycles. The molecule has 0 atom stereocenters. The fraction of sp³-hybridized carbons (Fsp3) is 0.172. The summed E-state index contributed by atoms with van der Waals surface area (Å²) in [5.41, 5.74) is 6.54. The molecule has 4 aromatic carbocycles. The Labute approximate surface area is 185 Å². The maximum Gasteiger partial charge on any atom is 0.115 e. The normalized spacial score (nSPS) is 12.4. The van der Waals surface area contributed by atoms with Crippen LogP contribution in [0.5, 0.6) is 11.5 Å². The maximum absolute atomic E-state index is 9.85. The number of phenols is 2.